The van der Waals surface area contributed by atoms with E-state index >= 15 is 0 Å². The van der Waals surface area contributed by atoms with Gasteiger partial charge in [0.1, 0.15) is 0 Å². The molecule has 0 aromatic heterocycles. The van der Waals surface area contributed by atoms with Crippen molar-refractivity contribution in [1.82, 2.24) is 0 Å². The van der Waals surface area contributed by atoms with E-state index in [9.17, 15) is 14.2 Å². The second kappa shape index (κ2) is 8.70. The van der Waals surface area contributed by atoms with Gasteiger partial charge in [-0.15, -0.1) is 0 Å². The Hall–Kier alpha value is -1.35. The molecule has 0 rings (SSSR count). The summed E-state index contributed by atoms with van der Waals surface area (Å²) in [4.78, 5) is 22.1. The van der Waals surface area contributed by atoms with Crippen LogP contribution < -0.4 is 0 Å². The maximum atomic E-state index is 12.6. The number of hydrogen-bond acceptors (Lipinski definition) is 7. The third-order valence-corrected chi connectivity index (χ3v) is 4.32. The van der Waals surface area contributed by atoms with Crippen LogP contribution in [0.5, 0.6) is 0 Å². The molecule has 0 radical (unpaired) electrons. The van der Waals surface area contributed by atoms with E-state index in [-0.39, 0.29) is 19.0 Å². The molecule has 0 saturated heterocycles. The number of carbonyl (C=O) groups is 1. The standard InChI is InChI=1S/C11H17O7P/c1-5-17-19(14,18-6-2)10(11(13)16-4)9(15-3)7-8-12/h10H,5-6H2,1-4H3. The normalized spacial score (nSPS) is 12.0. The molecule has 108 valence electrons. The maximum absolute atomic E-state index is 12.6. The lowest BCUT2D eigenvalue weighted by molar-refractivity contribution is -0.140. The highest BCUT2D eigenvalue weighted by atomic mass is 31.2. The average Bonchev–Trinajstić information content (AvgIpc) is 2.38. The van der Waals surface area contributed by atoms with Gasteiger partial charge in [-0.1, -0.05) is 0 Å². The first-order chi connectivity index (χ1) is 9.00. The molecule has 1 atom stereocenters. The van der Waals surface area contributed by atoms with E-state index in [1.807, 2.05) is 5.73 Å². The number of rotatable bonds is 8. The Morgan fingerprint density at radius 1 is 1.16 bits per heavy atom. The van der Waals surface area contributed by atoms with Crippen LogP contribution in [-0.4, -0.2) is 45.0 Å². The Morgan fingerprint density at radius 3 is 2.00 bits per heavy atom. The fourth-order valence-electron chi connectivity index (χ4n) is 1.32. The van der Waals surface area contributed by atoms with Gasteiger partial charge in [0.15, 0.2) is 11.7 Å². The summed E-state index contributed by atoms with van der Waals surface area (Å²) in [6.45, 7) is 3.27. The van der Waals surface area contributed by atoms with Gasteiger partial charge in [-0.25, -0.2) is 4.79 Å². The summed E-state index contributed by atoms with van der Waals surface area (Å²) >= 11 is 0. The molecule has 7 nitrogen and oxygen atoms in total. The number of carbonyl (C=O) groups excluding carboxylic acids is 2. The second-order valence-electron chi connectivity index (χ2n) is 3.10. The van der Waals surface area contributed by atoms with Crippen molar-refractivity contribution >= 4 is 19.5 Å². The van der Waals surface area contributed by atoms with Gasteiger partial charge < -0.3 is 18.5 Å². The van der Waals surface area contributed by atoms with Gasteiger partial charge in [0.2, 0.25) is 5.66 Å². The number of hydrogen-bond donors (Lipinski definition) is 0. The summed E-state index contributed by atoms with van der Waals surface area (Å²) < 4.78 is 32.0. The highest BCUT2D eigenvalue weighted by molar-refractivity contribution is 7.56. The Kier molecular flexibility index (Phi) is 8.08. The summed E-state index contributed by atoms with van der Waals surface area (Å²) in [7, 11) is -1.58. The Labute approximate surface area is 111 Å². The van der Waals surface area contributed by atoms with Crippen molar-refractivity contribution < 1.29 is 32.7 Å². The topological polar surface area (TPSA) is 88.1 Å². The molecule has 0 aliphatic rings. The van der Waals surface area contributed by atoms with Crippen LogP contribution in [0.2, 0.25) is 0 Å². The zero-order valence-corrected chi connectivity index (χ0v) is 12.2. The quantitative estimate of drug-likeness (QED) is 0.219. The lowest BCUT2D eigenvalue weighted by atomic mass is 10.3. The molecule has 0 spiro atoms. The van der Waals surface area contributed by atoms with E-state index in [1.165, 1.54) is 13.1 Å². The first-order valence-corrected chi connectivity index (χ1v) is 7.12. The van der Waals surface area contributed by atoms with Gasteiger partial charge in [0.25, 0.3) is 0 Å². The van der Waals surface area contributed by atoms with E-state index in [1.54, 1.807) is 13.8 Å². The molecule has 1 unspecified atom stereocenters. The molecule has 0 aromatic carbocycles. The van der Waals surface area contributed by atoms with E-state index in [4.69, 9.17) is 13.8 Å². The van der Waals surface area contributed by atoms with E-state index in [0.29, 0.717) is 0 Å². The van der Waals surface area contributed by atoms with Crippen LogP contribution in [0.1, 0.15) is 13.8 Å². The molecular formula is C11H17O7P. The summed E-state index contributed by atoms with van der Waals surface area (Å²) in [5, 5.41) is 0. The van der Waals surface area contributed by atoms with Crippen LogP contribution in [0.3, 0.4) is 0 Å². The zero-order chi connectivity index (χ0) is 14.9. The van der Waals surface area contributed by atoms with Crippen LogP contribution in [0.25, 0.3) is 0 Å². The van der Waals surface area contributed by atoms with Crippen molar-refractivity contribution in [3.05, 3.63) is 11.5 Å². The summed E-state index contributed by atoms with van der Waals surface area (Å²) in [5.41, 5.74) is 0.516. The predicted molar refractivity (Wildman–Crippen MR) is 66.4 cm³/mol. The molecule has 0 bridgehead atoms. The van der Waals surface area contributed by atoms with Crippen LogP contribution in [0.15, 0.2) is 11.5 Å². The molecule has 0 N–H and O–H groups in total. The Bertz CT molecular complexity index is 422. The number of methoxy groups -OCH3 is 2. The first kappa shape index (κ1) is 17.6. The van der Waals surface area contributed by atoms with E-state index in [2.05, 4.69) is 4.74 Å². The second-order valence-corrected chi connectivity index (χ2v) is 5.21. The van der Waals surface area contributed by atoms with Crippen molar-refractivity contribution in [3.63, 3.8) is 0 Å². The van der Waals surface area contributed by atoms with Crippen molar-refractivity contribution in [2.45, 2.75) is 19.5 Å². The van der Waals surface area contributed by atoms with Crippen LogP contribution >= 0.6 is 7.60 Å². The van der Waals surface area contributed by atoms with Crippen molar-refractivity contribution in [1.29, 1.82) is 0 Å². The van der Waals surface area contributed by atoms with Crippen molar-refractivity contribution in [2.24, 2.45) is 0 Å². The lowest BCUT2D eigenvalue weighted by Crippen LogP contribution is -2.27. The Balaban J connectivity index is 5.81. The summed E-state index contributed by atoms with van der Waals surface area (Å²) in [5.74, 6) is 0.107. The predicted octanol–water partition coefficient (Wildman–Crippen LogP) is 1.31. The molecule has 0 aliphatic carbocycles. The minimum Gasteiger partial charge on any atom is -0.491 e. The van der Waals surface area contributed by atoms with Gasteiger partial charge in [0, 0.05) is 5.73 Å². The third kappa shape index (κ3) is 4.67. The minimum atomic E-state index is -3.88. The summed E-state index contributed by atoms with van der Waals surface area (Å²) in [6, 6.07) is 0. The Morgan fingerprint density at radius 2 is 1.68 bits per heavy atom. The van der Waals surface area contributed by atoms with Crippen LogP contribution in [0, 0.1) is 0 Å². The van der Waals surface area contributed by atoms with Gasteiger partial charge in [0.05, 0.1) is 27.4 Å². The molecule has 0 fully saturated rings. The zero-order valence-electron chi connectivity index (χ0n) is 11.3. The number of esters is 1. The van der Waals surface area contributed by atoms with E-state index in [0.717, 1.165) is 7.11 Å². The maximum Gasteiger partial charge on any atom is 0.353 e. The lowest BCUT2D eigenvalue weighted by Gasteiger charge is -2.24. The van der Waals surface area contributed by atoms with Crippen LogP contribution in [0.4, 0.5) is 0 Å². The molecule has 0 aliphatic heterocycles. The molecule has 0 saturated carbocycles. The SMILES string of the molecule is CCOP(=O)(OCC)C(C(=O)OC)C(=C=C=O)OC. The van der Waals surface area contributed by atoms with Crippen LogP contribution in [-0.2, 0) is 32.7 Å². The highest BCUT2D eigenvalue weighted by Crippen LogP contribution is 2.55. The molecular weight excluding hydrogens is 275 g/mol. The molecule has 0 aromatic rings. The van der Waals surface area contributed by atoms with Crippen molar-refractivity contribution in [2.75, 3.05) is 27.4 Å². The average molecular weight is 292 g/mol. The number of ether oxygens (including phenoxy) is 2. The smallest absolute Gasteiger partial charge is 0.353 e. The largest absolute Gasteiger partial charge is 0.491 e. The van der Waals surface area contributed by atoms with Gasteiger partial charge in [-0.2, -0.15) is 0 Å². The van der Waals surface area contributed by atoms with E-state index < -0.39 is 19.2 Å². The fraction of sp³-hybridized carbons (Fsp3) is 0.636. The molecule has 0 heterocycles. The molecule has 19 heavy (non-hydrogen) atoms. The minimum absolute atomic E-state index is 0.0482. The fourth-order valence-corrected chi connectivity index (χ4v) is 3.23. The molecule has 8 heteroatoms. The van der Waals surface area contributed by atoms with Gasteiger partial charge in [-0.05, 0) is 13.8 Å². The van der Waals surface area contributed by atoms with Gasteiger partial charge >= 0.3 is 13.6 Å². The third-order valence-electron chi connectivity index (χ3n) is 2.00. The highest BCUT2D eigenvalue weighted by Gasteiger charge is 2.46. The van der Waals surface area contributed by atoms with Crippen molar-refractivity contribution in [3.8, 4) is 0 Å². The monoisotopic (exact) mass is 292 g/mol. The molecule has 0 amide bonds. The first-order valence-electron chi connectivity index (χ1n) is 5.51. The van der Waals surface area contributed by atoms with Gasteiger partial charge in [-0.3, -0.25) is 9.36 Å². The summed E-state index contributed by atoms with van der Waals surface area (Å²) in [6.07, 6.45) is 0.